The fraction of sp³-hybridized carbons (Fsp3) is 0.538. The van der Waals surface area contributed by atoms with Crippen molar-refractivity contribution in [1.82, 2.24) is 5.32 Å². The van der Waals surface area contributed by atoms with Crippen molar-refractivity contribution in [2.45, 2.75) is 6.42 Å². The van der Waals surface area contributed by atoms with Crippen molar-refractivity contribution in [2.24, 2.45) is 5.92 Å². The molecule has 1 saturated heterocycles. The van der Waals surface area contributed by atoms with Crippen LogP contribution in [0.1, 0.15) is 6.42 Å². The van der Waals surface area contributed by atoms with Crippen LogP contribution in [0.15, 0.2) is 28.7 Å². The summed E-state index contributed by atoms with van der Waals surface area (Å²) in [7, 11) is 0. The molecule has 1 atom stereocenters. The average molecular weight is 300 g/mol. The fourth-order valence-electron chi connectivity index (χ4n) is 1.85. The van der Waals surface area contributed by atoms with Crippen LogP contribution >= 0.6 is 15.9 Å². The second kappa shape index (κ2) is 6.99. The highest BCUT2D eigenvalue weighted by molar-refractivity contribution is 9.10. The lowest BCUT2D eigenvalue weighted by Crippen LogP contribution is -2.27. The number of hydrogen-bond donors (Lipinski definition) is 1. The number of ether oxygens (including phenoxy) is 2. The second-order valence-electron chi connectivity index (χ2n) is 4.24. The van der Waals surface area contributed by atoms with Crippen LogP contribution in [0.25, 0.3) is 0 Å². The highest BCUT2D eigenvalue weighted by Gasteiger charge is 2.14. The van der Waals surface area contributed by atoms with Gasteiger partial charge in [-0.1, -0.05) is 22.0 Å². The van der Waals surface area contributed by atoms with Crippen LogP contribution < -0.4 is 10.1 Å². The topological polar surface area (TPSA) is 30.5 Å². The summed E-state index contributed by atoms with van der Waals surface area (Å²) in [6.45, 7) is 4.43. The van der Waals surface area contributed by atoms with E-state index in [1.54, 1.807) is 0 Å². The first-order valence-electron chi connectivity index (χ1n) is 6.01. The smallest absolute Gasteiger partial charge is 0.120 e. The number of hydrogen-bond acceptors (Lipinski definition) is 3. The Morgan fingerprint density at radius 3 is 3.18 bits per heavy atom. The van der Waals surface area contributed by atoms with Crippen LogP contribution in [0, 0.1) is 5.92 Å². The molecule has 0 aliphatic carbocycles. The summed E-state index contributed by atoms with van der Waals surface area (Å²) in [6.07, 6.45) is 1.18. The highest BCUT2D eigenvalue weighted by Crippen LogP contribution is 2.17. The third-order valence-corrected chi connectivity index (χ3v) is 3.29. The Bertz CT molecular complexity index is 340. The molecule has 0 saturated carbocycles. The Morgan fingerprint density at radius 1 is 1.47 bits per heavy atom. The van der Waals surface area contributed by atoms with Crippen LogP contribution in [0.5, 0.6) is 5.75 Å². The molecule has 0 bridgehead atoms. The lowest BCUT2D eigenvalue weighted by molar-refractivity contribution is 0.185. The standard InChI is InChI=1S/C13H18BrNO2/c14-12-2-1-3-13(8-12)17-7-5-15-9-11-4-6-16-10-11/h1-3,8,11,15H,4-7,9-10H2. The Labute approximate surface area is 111 Å². The van der Waals surface area contributed by atoms with Crippen molar-refractivity contribution in [3.63, 3.8) is 0 Å². The van der Waals surface area contributed by atoms with E-state index in [0.717, 1.165) is 36.5 Å². The second-order valence-corrected chi connectivity index (χ2v) is 5.16. The fourth-order valence-corrected chi connectivity index (χ4v) is 2.23. The monoisotopic (exact) mass is 299 g/mol. The van der Waals surface area contributed by atoms with Crippen molar-refractivity contribution in [3.8, 4) is 5.75 Å². The van der Waals surface area contributed by atoms with Crippen molar-refractivity contribution in [1.29, 1.82) is 0 Å². The maximum atomic E-state index is 5.63. The van der Waals surface area contributed by atoms with Gasteiger partial charge < -0.3 is 14.8 Å². The van der Waals surface area contributed by atoms with Crippen LogP contribution in [0.4, 0.5) is 0 Å². The number of benzene rings is 1. The van der Waals surface area contributed by atoms with E-state index >= 15 is 0 Å². The molecule has 1 unspecified atom stereocenters. The first kappa shape index (κ1) is 12.9. The Balaban J connectivity index is 1.56. The lowest BCUT2D eigenvalue weighted by atomic mass is 10.1. The Hall–Kier alpha value is -0.580. The molecule has 0 aromatic heterocycles. The molecule has 0 spiro atoms. The van der Waals surface area contributed by atoms with Crippen molar-refractivity contribution >= 4 is 15.9 Å². The molecule has 1 heterocycles. The van der Waals surface area contributed by atoms with Gasteiger partial charge in [0.1, 0.15) is 12.4 Å². The van der Waals surface area contributed by atoms with Crippen molar-refractivity contribution < 1.29 is 9.47 Å². The van der Waals surface area contributed by atoms with Crippen molar-refractivity contribution in [2.75, 3.05) is 32.9 Å². The molecule has 1 N–H and O–H groups in total. The first-order chi connectivity index (χ1) is 8.34. The molecular weight excluding hydrogens is 282 g/mol. The van der Waals surface area contributed by atoms with Gasteiger partial charge in [0.25, 0.3) is 0 Å². The van der Waals surface area contributed by atoms with Gasteiger partial charge in [-0.3, -0.25) is 0 Å². The summed E-state index contributed by atoms with van der Waals surface area (Å²) in [5.41, 5.74) is 0. The van der Waals surface area contributed by atoms with Gasteiger partial charge >= 0.3 is 0 Å². The molecule has 3 nitrogen and oxygen atoms in total. The molecule has 1 aromatic carbocycles. The maximum Gasteiger partial charge on any atom is 0.120 e. The van der Waals surface area contributed by atoms with Crippen LogP contribution in [-0.4, -0.2) is 32.9 Å². The van der Waals surface area contributed by atoms with Crippen molar-refractivity contribution in [3.05, 3.63) is 28.7 Å². The molecule has 1 aliphatic heterocycles. The minimum atomic E-state index is 0.681. The van der Waals surface area contributed by atoms with Crippen LogP contribution in [-0.2, 0) is 4.74 Å². The maximum absolute atomic E-state index is 5.63. The van der Waals surface area contributed by atoms with Gasteiger partial charge in [-0.2, -0.15) is 0 Å². The van der Waals surface area contributed by atoms with E-state index in [1.807, 2.05) is 24.3 Å². The van der Waals surface area contributed by atoms with Gasteiger partial charge in [0.15, 0.2) is 0 Å². The molecule has 17 heavy (non-hydrogen) atoms. The van der Waals surface area contributed by atoms with E-state index in [1.165, 1.54) is 6.42 Å². The largest absolute Gasteiger partial charge is 0.492 e. The normalized spacial score (nSPS) is 19.5. The molecule has 1 aromatic rings. The predicted molar refractivity (Wildman–Crippen MR) is 71.4 cm³/mol. The summed E-state index contributed by atoms with van der Waals surface area (Å²) in [5, 5.41) is 3.40. The SMILES string of the molecule is Brc1cccc(OCCNCC2CCOC2)c1. The highest BCUT2D eigenvalue weighted by atomic mass is 79.9. The third kappa shape index (κ3) is 4.66. The minimum absolute atomic E-state index is 0.681. The summed E-state index contributed by atoms with van der Waals surface area (Å²) in [5.74, 6) is 1.59. The number of halogens is 1. The zero-order chi connectivity index (χ0) is 11.9. The van der Waals surface area contributed by atoms with E-state index in [4.69, 9.17) is 9.47 Å². The molecule has 4 heteroatoms. The molecule has 0 amide bonds. The van der Waals surface area contributed by atoms with Gasteiger partial charge in [0, 0.05) is 24.2 Å². The number of rotatable bonds is 6. The Kier molecular flexibility index (Phi) is 5.29. The minimum Gasteiger partial charge on any atom is -0.492 e. The van der Waals surface area contributed by atoms with Gasteiger partial charge in [0.2, 0.25) is 0 Å². The molecule has 94 valence electrons. The third-order valence-electron chi connectivity index (χ3n) is 2.80. The molecule has 1 fully saturated rings. The van der Waals surface area contributed by atoms with E-state index < -0.39 is 0 Å². The molecular formula is C13H18BrNO2. The zero-order valence-electron chi connectivity index (χ0n) is 9.82. The summed E-state index contributed by atoms with van der Waals surface area (Å²) in [4.78, 5) is 0. The van der Waals surface area contributed by atoms with Gasteiger partial charge in [-0.05, 0) is 30.5 Å². The van der Waals surface area contributed by atoms with E-state index in [-0.39, 0.29) is 0 Å². The molecule has 0 radical (unpaired) electrons. The predicted octanol–water partition coefficient (Wildman–Crippen LogP) is 2.45. The first-order valence-corrected chi connectivity index (χ1v) is 6.81. The lowest BCUT2D eigenvalue weighted by Gasteiger charge is -2.10. The number of nitrogens with one attached hydrogen (secondary N) is 1. The zero-order valence-corrected chi connectivity index (χ0v) is 11.4. The summed E-state index contributed by atoms with van der Waals surface area (Å²) < 4.78 is 12.0. The molecule has 1 aliphatic rings. The summed E-state index contributed by atoms with van der Waals surface area (Å²) in [6, 6.07) is 7.91. The van der Waals surface area contributed by atoms with Crippen LogP contribution in [0.3, 0.4) is 0 Å². The average Bonchev–Trinajstić information content (AvgIpc) is 2.82. The van der Waals surface area contributed by atoms with Crippen LogP contribution in [0.2, 0.25) is 0 Å². The quantitative estimate of drug-likeness (QED) is 0.819. The van der Waals surface area contributed by atoms with Gasteiger partial charge in [0.05, 0.1) is 6.61 Å². The Morgan fingerprint density at radius 2 is 2.41 bits per heavy atom. The molecule has 2 rings (SSSR count). The van der Waals surface area contributed by atoms with E-state index in [0.29, 0.717) is 12.5 Å². The summed E-state index contributed by atoms with van der Waals surface area (Å²) >= 11 is 3.42. The van der Waals surface area contributed by atoms with E-state index in [9.17, 15) is 0 Å². The van der Waals surface area contributed by atoms with Gasteiger partial charge in [-0.15, -0.1) is 0 Å². The van der Waals surface area contributed by atoms with E-state index in [2.05, 4.69) is 21.2 Å². The van der Waals surface area contributed by atoms with Gasteiger partial charge in [-0.25, -0.2) is 0 Å².